The molecule has 5 rings (SSSR count). The molecule has 2 fully saturated rings. The molecule has 0 aromatic heterocycles. The number of aliphatic hydroxyl groups excluding tert-OH is 3. The van der Waals surface area contributed by atoms with Gasteiger partial charge in [0.1, 0.15) is 24.4 Å². The average molecular weight is 1020 g/mol. The molecular weight excluding hydrogens is 970 g/mol. The van der Waals surface area contributed by atoms with E-state index in [2.05, 4.69) is 14.3 Å². The second-order valence-corrected chi connectivity index (χ2v) is 19.1. The normalized spacial score (nSPS) is 28.8. The number of aliphatic hydroxyl groups is 3. The van der Waals surface area contributed by atoms with Crippen molar-refractivity contribution in [3.8, 4) is 5.75 Å². The molecule has 12 atom stereocenters. The lowest BCUT2D eigenvalue weighted by Crippen LogP contribution is -2.44. The monoisotopic (exact) mass is 1020 g/mol. The van der Waals surface area contributed by atoms with Crippen LogP contribution in [0.15, 0.2) is 54.9 Å². The fourth-order valence-electron chi connectivity index (χ4n) is 5.45. The Morgan fingerprint density at radius 1 is 0.866 bits per heavy atom. The number of rotatable bonds is 14. The summed E-state index contributed by atoms with van der Waals surface area (Å²) in [6.07, 6.45) is -9.57. The molecule has 2 saturated heterocycles. The number of carbonyl (C=O) groups excluding carboxylic acids is 6. The third-order valence-electron chi connectivity index (χ3n) is 8.68. The molecule has 376 valence electrons. The van der Waals surface area contributed by atoms with Gasteiger partial charge in [-0.2, -0.15) is 0 Å². The van der Waals surface area contributed by atoms with Gasteiger partial charge in [0.2, 0.25) is 11.8 Å². The van der Waals surface area contributed by atoms with Crippen LogP contribution >= 0.6 is 26.1 Å². The van der Waals surface area contributed by atoms with E-state index in [1.165, 1.54) is 6.92 Å². The van der Waals surface area contributed by atoms with Crippen LogP contribution < -0.4 is 15.3 Å². The highest BCUT2D eigenvalue weighted by Crippen LogP contribution is 2.48. The first-order chi connectivity index (χ1) is 31.0. The number of nitrogens with two attached hydrogens (primary N) is 1. The maximum atomic E-state index is 14.3. The van der Waals surface area contributed by atoms with Gasteiger partial charge < -0.3 is 44.5 Å². The van der Waals surface area contributed by atoms with E-state index >= 15 is 0 Å². The molecule has 0 aliphatic carbocycles. The van der Waals surface area contributed by atoms with Crippen molar-refractivity contribution < 1.29 is 98.8 Å². The minimum absolute atomic E-state index is 0.0662. The number of hydrogen-bond donors (Lipinski definition) is 5. The number of esters is 2. The zero-order chi connectivity index (χ0) is 51.2. The standard InChI is InChI=1S/C12H17ClNO4P.C11H13F2NO6P.C10H11F2NO5.C6H13NO2/c1-9(2)17-12(15)10(3)14-19(13,16)18-11-7-5-4-6-8-11;1-21(18)19-5-11(13)9(17)8(12)10(20-11)14-3-2-6(15)4-7(14)16;11-7-8(17)10(12,4-14)18-9(7)13-2-1-5(15)3-6(13)16;1-4(2)9-6(8)5(3)7/h4-10H,1-3H3,(H,14,16);2-3,8-10,17H,4-5H2,1H3;1-2,7-9,14,17H,3-4H2;4-5H,7H2,1-3H3/q;+1;;/t10-,19?;8-,9+,10-,11-;7-,8+,9-,10-;5-/m0110/s1. The van der Waals surface area contributed by atoms with Crippen LogP contribution in [0.1, 0.15) is 54.4 Å². The van der Waals surface area contributed by atoms with Crippen LogP contribution in [0.25, 0.3) is 0 Å². The van der Waals surface area contributed by atoms with E-state index in [9.17, 15) is 65.7 Å². The Morgan fingerprint density at radius 2 is 1.30 bits per heavy atom. The Kier molecular flexibility index (Phi) is 22.8. The number of amides is 2. The van der Waals surface area contributed by atoms with Gasteiger partial charge in [-0.3, -0.25) is 38.6 Å². The number of para-hydroxylation sites is 1. The van der Waals surface area contributed by atoms with Gasteiger partial charge in [0.25, 0.3) is 11.7 Å². The number of nitrogens with zero attached hydrogens (tertiary/aromatic N) is 2. The first kappa shape index (κ1) is 58.9. The van der Waals surface area contributed by atoms with E-state index in [4.69, 9.17) is 40.8 Å². The van der Waals surface area contributed by atoms with Crippen molar-refractivity contribution in [3.63, 3.8) is 0 Å². The molecule has 1 aromatic carbocycles. The van der Waals surface area contributed by atoms with Crippen LogP contribution in [-0.4, -0.2) is 153 Å². The van der Waals surface area contributed by atoms with Crippen LogP contribution in [0, 0.1) is 0 Å². The first-order valence-corrected chi connectivity index (χ1v) is 24.2. The van der Waals surface area contributed by atoms with E-state index in [1.807, 2.05) is 0 Å². The summed E-state index contributed by atoms with van der Waals surface area (Å²) in [5.74, 6) is -8.86. The van der Waals surface area contributed by atoms with Crippen LogP contribution in [0.2, 0.25) is 0 Å². The van der Waals surface area contributed by atoms with Gasteiger partial charge in [-0.05, 0) is 70.4 Å². The summed E-state index contributed by atoms with van der Waals surface area (Å²) in [5.41, 5.74) is 5.21. The Balaban J connectivity index is 0.000000317. The summed E-state index contributed by atoms with van der Waals surface area (Å²) in [5, 5.41) is 30.1. The molecule has 2 amide bonds. The summed E-state index contributed by atoms with van der Waals surface area (Å²) >= 11 is 5.76. The highest BCUT2D eigenvalue weighted by atomic mass is 35.7. The summed E-state index contributed by atoms with van der Waals surface area (Å²) in [4.78, 5) is 68.7. The number of ketones is 2. The van der Waals surface area contributed by atoms with Crippen molar-refractivity contribution in [3.05, 3.63) is 54.9 Å². The van der Waals surface area contributed by atoms with E-state index in [1.54, 1.807) is 65.0 Å². The van der Waals surface area contributed by atoms with Gasteiger partial charge in [-0.1, -0.05) is 18.2 Å². The number of nitrogens with one attached hydrogen (secondary N) is 1. The highest BCUT2D eigenvalue weighted by Gasteiger charge is 2.60. The van der Waals surface area contributed by atoms with Crippen LogP contribution in [-0.2, 0) is 61.4 Å². The molecule has 1 aromatic rings. The molecule has 0 spiro atoms. The van der Waals surface area contributed by atoms with Crippen molar-refractivity contribution in [1.29, 1.82) is 0 Å². The quantitative estimate of drug-likeness (QED) is 0.0774. The fourth-order valence-corrected chi connectivity index (χ4v) is 7.50. The van der Waals surface area contributed by atoms with Gasteiger partial charge in [0.15, 0.2) is 61.8 Å². The van der Waals surface area contributed by atoms with Gasteiger partial charge in [0, 0.05) is 23.6 Å². The number of carbonyl (C=O) groups is 6. The van der Waals surface area contributed by atoms with Gasteiger partial charge in [0.05, 0.1) is 25.0 Å². The van der Waals surface area contributed by atoms with Crippen molar-refractivity contribution in [2.75, 3.05) is 19.9 Å². The van der Waals surface area contributed by atoms with Crippen LogP contribution in [0.5, 0.6) is 5.75 Å². The Hall–Kier alpha value is -4.26. The van der Waals surface area contributed by atoms with Gasteiger partial charge >= 0.3 is 26.8 Å². The lowest BCUT2D eigenvalue weighted by atomic mass is 10.1. The zero-order valence-corrected chi connectivity index (χ0v) is 39.7. The summed E-state index contributed by atoms with van der Waals surface area (Å²) in [7, 11) is -2.17. The number of benzene rings is 1. The fraction of sp³-hybridized carbons (Fsp3) is 0.590. The molecule has 0 radical (unpaired) electrons. The average Bonchev–Trinajstić information content (AvgIpc) is 3.59. The predicted octanol–water partition coefficient (Wildman–Crippen LogP) is 3.05. The summed E-state index contributed by atoms with van der Waals surface area (Å²) in [6, 6.07) is 7.15. The predicted molar refractivity (Wildman–Crippen MR) is 226 cm³/mol. The van der Waals surface area contributed by atoms with Crippen LogP contribution in [0.4, 0.5) is 17.6 Å². The molecule has 0 bridgehead atoms. The molecule has 21 nitrogen and oxygen atoms in total. The number of allylic oxidation sites excluding steroid dienone is 2. The number of alkyl halides is 4. The minimum atomic E-state index is -3.65. The lowest BCUT2D eigenvalue weighted by Gasteiger charge is -2.28. The Bertz CT molecular complexity index is 2030. The second-order valence-electron chi connectivity index (χ2n) is 15.3. The largest absolute Gasteiger partial charge is 0.505 e. The van der Waals surface area contributed by atoms with E-state index in [0.717, 1.165) is 31.2 Å². The maximum Gasteiger partial charge on any atom is 0.505 e. The molecule has 28 heteroatoms. The van der Waals surface area contributed by atoms with Crippen molar-refractivity contribution >= 4 is 61.5 Å². The summed E-state index contributed by atoms with van der Waals surface area (Å²) in [6.45, 7) is 5.48. The highest BCUT2D eigenvalue weighted by molar-refractivity contribution is 7.84. The SMILES string of the molecule is CC(C)OC(=O)[C@H](C)N.CC(C)OC(=O)[C@H](C)NP(=O)(Cl)Oc1ccccc1.C[P+](=O)OC[C@@]1(F)O[C@@H](N2C=CC(=O)CC2=O)[C@H](F)[C@@H]1O.O=C1C=CN([C@@H]2O[C@](F)(CO)[C@@H](O)[C@H]2F)C(=O)C1. The number of halogens is 5. The van der Waals surface area contributed by atoms with E-state index in [-0.39, 0.29) is 18.2 Å². The lowest BCUT2D eigenvalue weighted by molar-refractivity contribution is -0.212. The third-order valence-corrected chi connectivity index (χ3v) is 10.8. The topological polar surface area (TPSA) is 297 Å². The molecule has 6 N–H and O–H groups in total. The third kappa shape index (κ3) is 18.0. The van der Waals surface area contributed by atoms with Crippen LogP contribution in [0.3, 0.4) is 0 Å². The molecule has 67 heavy (non-hydrogen) atoms. The van der Waals surface area contributed by atoms with Gasteiger partial charge in [-0.25, -0.2) is 27.2 Å². The first-order valence-electron chi connectivity index (χ1n) is 20.0. The van der Waals surface area contributed by atoms with E-state index < -0.39 is 131 Å². The molecule has 4 heterocycles. The molecular formula is C39H54ClF4N4O17P2+. The second kappa shape index (κ2) is 25.9. The van der Waals surface area contributed by atoms with Crippen molar-refractivity contribution in [2.45, 2.75) is 127 Å². The number of hydrogen-bond acceptors (Lipinski definition) is 18. The summed E-state index contributed by atoms with van der Waals surface area (Å²) < 4.78 is 107. The smallest absolute Gasteiger partial charge is 0.462 e. The van der Waals surface area contributed by atoms with Crippen molar-refractivity contribution in [1.82, 2.24) is 14.9 Å². The molecule has 4 aliphatic rings. The number of ether oxygens (including phenoxy) is 4. The van der Waals surface area contributed by atoms with E-state index in [0.29, 0.717) is 15.5 Å². The molecule has 0 saturated carbocycles. The molecule has 2 unspecified atom stereocenters. The zero-order valence-electron chi connectivity index (χ0n) is 37.1. The Morgan fingerprint density at radius 3 is 1.67 bits per heavy atom. The van der Waals surface area contributed by atoms with Crippen molar-refractivity contribution in [2.24, 2.45) is 5.73 Å². The minimum Gasteiger partial charge on any atom is -0.462 e. The molecule has 4 aliphatic heterocycles. The van der Waals surface area contributed by atoms with Gasteiger partial charge in [-0.15, -0.1) is 4.52 Å². The maximum absolute atomic E-state index is 14.3. The Labute approximate surface area is 388 Å².